The average Bonchev–Trinajstić information content (AvgIpc) is 2.57. The molecule has 0 aliphatic rings. The molecule has 0 aliphatic carbocycles. The molecule has 0 fully saturated rings. The lowest BCUT2D eigenvalue weighted by Crippen LogP contribution is -2.29. The fourth-order valence-electron chi connectivity index (χ4n) is 2.05. The summed E-state index contributed by atoms with van der Waals surface area (Å²) < 4.78 is 4.72. The number of rotatable bonds is 6. The van der Waals surface area contributed by atoms with Crippen LogP contribution in [-0.4, -0.2) is 25.0 Å². The third kappa shape index (κ3) is 5.43. The molecule has 0 spiro atoms. The Morgan fingerprint density at radius 1 is 1.09 bits per heavy atom. The number of benzene rings is 2. The lowest BCUT2D eigenvalue weighted by molar-refractivity contribution is -0.143. The quantitative estimate of drug-likeness (QED) is 0.507. The summed E-state index contributed by atoms with van der Waals surface area (Å²) in [5, 5.41) is 4.82. The SMILES string of the molecule is CCOC(=O)CNC(=O)/C=C/C=C/c1ccc2ccccc2c1. The first-order valence-electron chi connectivity index (χ1n) is 7.46. The minimum Gasteiger partial charge on any atom is -0.465 e. The minimum atomic E-state index is -0.444. The third-order valence-corrected chi connectivity index (χ3v) is 3.13. The van der Waals surface area contributed by atoms with E-state index < -0.39 is 5.97 Å². The number of fused-ring (bicyclic) bond motifs is 1. The summed E-state index contributed by atoms with van der Waals surface area (Å²) in [4.78, 5) is 22.6. The predicted octanol–water partition coefficient (Wildman–Crippen LogP) is 3.09. The molecule has 1 amide bonds. The van der Waals surface area contributed by atoms with Crippen LogP contribution in [0.25, 0.3) is 16.8 Å². The van der Waals surface area contributed by atoms with Crippen molar-refractivity contribution in [2.24, 2.45) is 0 Å². The molecule has 0 saturated carbocycles. The van der Waals surface area contributed by atoms with Gasteiger partial charge in [0.05, 0.1) is 6.61 Å². The van der Waals surface area contributed by atoms with Gasteiger partial charge in [0, 0.05) is 6.08 Å². The summed E-state index contributed by atoms with van der Waals surface area (Å²) in [7, 11) is 0. The monoisotopic (exact) mass is 309 g/mol. The number of carbonyl (C=O) groups excluding carboxylic acids is 2. The van der Waals surface area contributed by atoms with Crippen LogP contribution >= 0.6 is 0 Å². The van der Waals surface area contributed by atoms with Gasteiger partial charge in [0.1, 0.15) is 6.54 Å². The number of allylic oxidation sites excluding steroid dienone is 2. The molecule has 0 heterocycles. The molecule has 0 atom stereocenters. The second kappa shape index (κ2) is 8.54. The number of nitrogens with one attached hydrogen (secondary N) is 1. The van der Waals surface area contributed by atoms with Crippen LogP contribution in [0.4, 0.5) is 0 Å². The Labute approximate surface area is 135 Å². The molecule has 0 unspecified atom stereocenters. The van der Waals surface area contributed by atoms with Gasteiger partial charge in [-0.05, 0) is 29.3 Å². The third-order valence-electron chi connectivity index (χ3n) is 3.13. The second-order valence-corrected chi connectivity index (χ2v) is 4.85. The fraction of sp³-hybridized carbons (Fsp3) is 0.158. The molecule has 2 rings (SSSR count). The number of ether oxygens (including phenoxy) is 1. The van der Waals surface area contributed by atoms with Gasteiger partial charge in [0.25, 0.3) is 0 Å². The Bertz CT molecular complexity index is 747. The van der Waals surface area contributed by atoms with Crippen LogP contribution in [0.5, 0.6) is 0 Å². The normalized spacial score (nSPS) is 11.2. The second-order valence-electron chi connectivity index (χ2n) is 4.85. The Morgan fingerprint density at radius 2 is 1.87 bits per heavy atom. The first-order valence-corrected chi connectivity index (χ1v) is 7.46. The van der Waals surface area contributed by atoms with Crippen molar-refractivity contribution in [3.63, 3.8) is 0 Å². The predicted molar refractivity (Wildman–Crippen MR) is 91.8 cm³/mol. The van der Waals surface area contributed by atoms with Gasteiger partial charge in [-0.15, -0.1) is 0 Å². The van der Waals surface area contributed by atoms with E-state index in [1.165, 1.54) is 16.8 Å². The highest BCUT2D eigenvalue weighted by molar-refractivity contribution is 5.90. The van der Waals surface area contributed by atoms with Crippen LogP contribution in [0.2, 0.25) is 0 Å². The zero-order valence-corrected chi connectivity index (χ0v) is 13.0. The first kappa shape index (κ1) is 16.5. The molecule has 2 aromatic carbocycles. The highest BCUT2D eigenvalue weighted by atomic mass is 16.5. The molecule has 0 bridgehead atoms. The van der Waals surface area contributed by atoms with Gasteiger partial charge < -0.3 is 10.1 Å². The van der Waals surface area contributed by atoms with Crippen LogP contribution in [0, 0.1) is 0 Å². The Kier molecular flexibility index (Phi) is 6.12. The molecule has 4 nitrogen and oxygen atoms in total. The molecular weight excluding hydrogens is 290 g/mol. The molecule has 2 aromatic rings. The van der Waals surface area contributed by atoms with E-state index in [4.69, 9.17) is 4.74 Å². The molecule has 4 heteroatoms. The summed E-state index contributed by atoms with van der Waals surface area (Å²) >= 11 is 0. The maximum absolute atomic E-state index is 11.5. The fourth-order valence-corrected chi connectivity index (χ4v) is 2.05. The number of esters is 1. The largest absolute Gasteiger partial charge is 0.465 e. The Hall–Kier alpha value is -2.88. The summed E-state index contributed by atoms with van der Waals surface area (Å²) in [6.07, 6.45) is 6.71. The minimum absolute atomic E-state index is 0.120. The van der Waals surface area contributed by atoms with Crippen LogP contribution in [-0.2, 0) is 14.3 Å². The molecular formula is C19H19NO3. The summed E-state index contributed by atoms with van der Waals surface area (Å²) in [5.41, 5.74) is 1.06. The van der Waals surface area contributed by atoms with Crippen molar-refractivity contribution in [3.8, 4) is 0 Å². The lowest BCUT2D eigenvalue weighted by atomic mass is 10.1. The molecule has 0 aromatic heterocycles. The lowest BCUT2D eigenvalue weighted by Gasteiger charge is -2.01. The standard InChI is InChI=1S/C19H19NO3/c1-2-23-19(22)14-20-18(21)10-6-3-7-15-11-12-16-8-4-5-9-17(16)13-15/h3-13H,2,14H2,1H3,(H,20,21)/b7-3+,10-6+. The van der Waals surface area contributed by atoms with E-state index in [-0.39, 0.29) is 12.5 Å². The van der Waals surface area contributed by atoms with E-state index in [0.29, 0.717) is 6.61 Å². The van der Waals surface area contributed by atoms with Crippen molar-refractivity contribution in [1.29, 1.82) is 0 Å². The van der Waals surface area contributed by atoms with E-state index in [1.54, 1.807) is 19.1 Å². The van der Waals surface area contributed by atoms with Crippen LogP contribution in [0.1, 0.15) is 12.5 Å². The molecule has 0 radical (unpaired) electrons. The van der Waals surface area contributed by atoms with Crippen molar-refractivity contribution in [2.75, 3.05) is 13.2 Å². The maximum atomic E-state index is 11.5. The zero-order chi connectivity index (χ0) is 16.5. The van der Waals surface area contributed by atoms with Gasteiger partial charge in [0.15, 0.2) is 0 Å². The summed E-state index contributed by atoms with van der Waals surface area (Å²) in [6, 6.07) is 14.3. The van der Waals surface area contributed by atoms with Crippen molar-refractivity contribution in [3.05, 3.63) is 66.3 Å². The number of carbonyl (C=O) groups is 2. The van der Waals surface area contributed by atoms with Crippen molar-refractivity contribution >= 4 is 28.7 Å². The molecule has 0 saturated heterocycles. The number of hydrogen-bond acceptors (Lipinski definition) is 3. The highest BCUT2D eigenvalue weighted by Gasteiger charge is 2.02. The van der Waals surface area contributed by atoms with E-state index in [0.717, 1.165) is 5.56 Å². The van der Waals surface area contributed by atoms with Crippen LogP contribution < -0.4 is 5.32 Å². The maximum Gasteiger partial charge on any atom is 0.325 e. The first-order chi connectivity index (χ1) is 11.2. The smallest absolute Gasteiger partial charge is 0.325 e. The number of amides is 1. The topological polar surface area (TPSA) is 55.4 Å². The van der Waals surface area contributed by atoms with Gasteiger partial charge in [-0.1, -0.05) is 54.6 Å². The van der Waals surface area contributed by atoms with Crippen LogP contribution in [0.3, 0.4) is 0 Å². The van der Waals surface area contributed by atoms with E-state index in [9.17, 15) is 9.59 Å². The summed E-state index contributed by atoms with van der Waals surface area (Å²) in [6.45, 7) is 1.90. The van der Waals surface area contributed by atoms with Crippen molar-refractivity contribution < 1.29 is 14.3 Å². The number of hydrogen-bond donors (Lipinski definition) is 1. The van der Waals surface area contributed by atoms with E-state index in [2.05, 4.69) is 29.6 Å². The molecule has 118 valence electrons. The Balaban J connectivity index is 1.87. The van der Waals surface area contributed by atoms with Gasteiger partial charge in [-0.2, -0.15) is 0 Å². The molecule has 23 heavy (non-hydrogen) atoms. The van der Waals surface area contributed by atoms with Gasteiger partial charge in [0.2, 0.25) is 5.91 Å². The van der Waals surface area contributed by atoms with E-state index in [1.807, 2.05) is 24.3 Å². The van der Waals surface area contributed by atoms with Gasteiger partial charge in [-0.3, -0.25) is 9.59 Å². The molecule has 0 aliphatic heterocycles. The summed E-state index contributed by atoms with van der Waals surface area (Å²) in [5.74, 6) is -0.776. The van der Waals surface area contributed by atoms with Crippen molar-refractivity contribution in [2.45, 2.75) is 6.92 Å². The molecule has 1 N–H and O–H groups in total. The van der Waals surface area contributed by atoms with Crippen molar-refractivity contribution in [1.82, 2.24) is 5.32 Å². The zero-order valence-electron chi connectivity index (χ0n) is 13.0. The highest BCUT2D eigenvalue weighted by Crippen LogP contribution is 2.16. The van der Waals surface area contributed by atoms with Gasteiger partial charge in [-0.25, -0.2) is 0 Å². The average molecular weight is 309 g/mol. The van der Waals surface area contributed by atoms with Gasteiger partial charge >= 0.3 is 5.97 Å². The van der Waals surface area contributed by atoms with Crippen LogP contribution in [0.15, 0.2) is 60.7 Å². The van der Waals surface area contributed by atoms with E-state index >= 15 is 0 Å². The Morgan fingerprint density at radius 3 is 2.65 bits per heavy atom.